The summed E-state index contributed by atoms with van der Waals surface area (Å²) in [5.74, 6) is 0.00600. The van der Waals surface area contributed by atoms with Crippen molar-refractivity contribution in [2.45, 2.75) is 20.4 Å². The summed E-state index contributed by atoms with van der Waals surface area (Å²) in [7, 11) is 0. The molecule has 0 aliphatic rings. The van der Waals surface area contributed by atoms with Crippen molar-refractivity contribution in [2.24, 2.45) is 10.9 Å². The summed E-state index contributed by atoms with van der Waals surface area (Å²) >= 11 is 0. The maximum absolute atomic E-state index is 13.4. The number of halogens is 2. The number of aromatic nitrogens is 1. The molecule has 6 heteroatoms. The number of alkyl halides is 2. The number of ether oxygens (including phenoxy) is 1. The Morgan fingerprint density at radius 1 is 1.00 bits per heavy atom. The molecule has 4 nitrogen and oxygen atoms in total. The van der Waals surface area contributed by atoms with Crippen molar-refractivity contribution in [2.75, 3.05) is 6.61 Å². The number of hydrogen-bond donors (Lipinski definition) is 0. The Balaban J connectivity index is 2.15. The molecule has 0 saturated heterocycles. The molecule has 0 N–H and O–H groups in total. The molecule has 1 heterocycles. The molecule has 0 saturated carbocycles. The second-order valence-electron chi connectivity index (χ2n) is 6.95. The van der Waals surface area contributed by atoms with Crippen molar-refractivity contribution in [3.8, 4) is 5.75 Å². The van der Waals surface area contributed by atoms with E-state index in [0.717, 1.165) is 17.3 Å². The minimum atomic E-state index is -2.99. The van der Waals surface area contributed by atoms with E-state index >= 15 is 0 Å². The summed E-state index contributed by atoms with van der Waals surface area (Å²) in [6, 6.07) is 20.3. The average Bonchev–Trinajstić information content (AvgIpc) is 2.73. The zero-order chi connectivity index (χ0) is 20.8. The van der Waals surface area contributed by atoms with Gasteiger partial charge in [-0.3, -0.25) is 9.36 Å². The summed E-state index contributed by atoms with van der Waals surface area (Å²) in [4.78, 5) is 16.9. The third kappa shape index (κ3) is 5.16. The third-order valence-electron chi connectivity index (χ3n) is 4.11. The molecule has 0 aliphatic heterocycles. The topological polar surface area (TPSA) is 43.6 Å². The average molecular weight is 396 g/mol. The van der Waals surface area contributed by atoms with Crippen LogP contribution in [0.2, 0.25) is 0 Å². The van der Waals surface area contributed by atoms with E-state index in [0.29, 0.717) is 10.3 Å². The fourth-order valence-electron chi connectivity index (χ4n) is 2.74. The Hall–Kier alpha value is -3.28. The molecule has 1 aromatic heterocycles. The molecule has 0 fully saturated rings. The van der Waals surface area contributed by atoms with Gasteiger partial charge in [0.05, 0.1) is 18.0 Å². The lowest BCUT2D eigenvalue weighted by Crippen LogP contribution is -2.23. The van der Waals surface area contributed by atoms with Crippen LogP contribution in [0.25, 0.3) is 0 Å². The molecule has 0 aliphatic carbocycles. The van der Waals surface area contributed by atoms with Crippen molar-refractivity contribution in [1.29, 1.82) is 0 Å². The second kappa shape index (κ2) is 9.28. The van der Waals surface area contributed by atoms with Gasteiger partial charge < -0.3 is 4.74 Å². The number of benzene rings is 2. The van der Waals surface area contributed by atoms with E-state index in [-0.39, 0.29) is 24.0 Å². The Labute approximate surface area is 168 Å². The summed E-state index contributed by atoms with van der Waals surface area (Å²) < 4.78 is 32.7. The highest BCUT2D eigenvalue weighted by molar-refractivity contribution is 6.13. The first-order valence-electron chi connectivity index (χ1n) is 9.32. The fraction of sp³-hybridized carbons (Fsp3) is 0.217. The van der Waals surface area contributed by atoms with Gasteiger partial charge in [-0.1, -0.05) is 74.5 Å². The predicted molar refractivity (Wildman–Crippen MR) is 110 cm³/mol. The zero-order valence-electron chi connectivity index (χ0n) is 16.3. The van der Waals surface area contributed by atoms with Crippen LogP contribution >= 0.6 is 0 Å². The highest BCUT2D eigenvalue weighted by atomic mass is 19.3. The van der Waals surface area contributed by atoms with Crippen LogP contribution in [0.5, 0.6) is 5.75 Å². The molecular weight excluding hydrogens is 374 g/mol. The van der Waals surface area contributed by atoms with E-state index in [1.54, 1.807) is 0 Å². The van der Waals surface area contributed by atoms with Crippen LogP contribution in [0.3, 0.4) is 0 Å². The second-order valence-corrected chi connectivity index (χ2v) is 6.95. The minimum absolute atomic E-state index is 0.138. The van der Waals surface area contributed by atoms with Crippen LogP contribution in [0, 0.1) is 5.92 Å². The van der Waals surface area contributed by atoms with Crippen molar-refractivity contribution in [3.05, 3.63) is 94.4 Å². The van der Waals surface area contributed by atoms with Crippen molar-refractivity contribution in [3.63, 3.8) is 0 Å². The van der Waals surface area contributed by atoms with Gasteiger partial charge in [-0.2, -0.15) is 8.78 Å². The highest BCUT2D eigenvalue weighted by Crippen LogP contribution is 2.23. The van der Waals surface area contributed by atoms with Gasteiger partial charge in [0.25, 0.3) is 5.56 Å². The van der Waals surface area contributed by atoms with Crippen molar-refractivity contribution < 1.29 is 13.5 Å². The van der Waals surface area contributed by atoms with E-state index in [1.165, 1.54) is 6.07 Å². The minimum Gasteiger partial charge on any atom is -0.488 e. The van der Waals surface area contributed by atoms with Gasteiger partial charge in [-0.05, 0) is 5.92 Å². The van der Waals surface area contributed by atoms with Gasteiger partial charge in [-0.25, -0.2) is 4.99 Å². The van der Waals surface area contributed by atoms with E-state index < -0.39 is 12.1 Å². The van der Waals surface area contributed by atoms with Gasteiger partial charge in [0.15, 0.2) is 5.75 Å². The number of rotatable bonds is 7. The molecule has 150 valence electrons. The first-order valence-corrected chi connectivity index (χ1v) is 9.32. The molecule has 29 heavy (non-hydrogen) atoms. The van der Waals surface area contributed by atoms with Crippen LogP contribution < -0.4 is 10.3 Å². The molecule has 0 bridgehead atoms. The Morgan fingerprint density at radius 3 is 2.03 bits per heavy atom. The lowest BCUT2D eigenvalue weighted by molar-refractivity contribution is 0.0650. The predicted octanol–water partition coefficient (Wildman–Crippen LogP) is 5.45. The number of pyridine rings is 1. The lowest BCUT2D eigenvalue weighted by atomic mass is 10.0. The standard InChI is InChI=1S/C23H22F2N2O2/c1-16(2)15-29-20-13-19(14-27(22(20)28)23(24)25)26-21(17-9-5-3-6-10-17)18-11-7-4-8-12-18/h3-14,16,23H,15H2,1-2H3. The Kier molecular flexibility index (Phi) is 6.54. The quantitative estimate of drug-likeness (QED) is 0.499. The monoisotopic (exact) mass is 396 g/mol. The molecule has 0 radical (unpaired) electrons. The highest BCUT2D eigenvalue weighted by Gasteiger charge is 2.16. The van der Waals surface area contributed by atoms with Crippen LogP contribution in [-0.4, -0.2) is 16.9 Å². The van der Waals surface area contributed by atoms with Crippen molar-refractivity contribution in [1.82, 2.24) is 4.57 Å². The van der Waals surface area contributed by atoms with E-state index in [4.69, 9.17) is 4.74 Å². The molecule has 2 aromatic carbocycles. The first-order chi connectivity index (χ1) is 14.0. The molecule has 0 spiro atoms. The number of hydrogen-bond acceptors (Lipinski definition) is 3. The van der Waals surface area contributed by atoms with Gasteiger partial charge in [-0.15, -0.1) is 0 Å². The van der Waals surface area contributed by atoms with Gasteiger partial charge in [0, 0.05) is 23.4 Å². The molecule has 3 aromatic rings. The number of nitrogens with zero attached hydrogens (tertiary/aromatic N) is 2. The maximum Gasteiger partial charge on any atom is 0.321 e. The zero-order valence-corrected chi connectivity index (χ0v) is 16.3. The van der Waals surface area contributed by atoms with Gasteiger partial charge in [0.2, 0.25) is 0 Å². The summed E-state index contributed by atoms with van der Waals surface area (Å²) in [5, 5.41) is 0. The SMILES string of the molecule is CC(C)COc1cc(N=C(c2ccccc2)c2ccccc2)cn(C(F)F)c1=O. The molecular formula is C23H22F2N2O2. The van der Waals surface area contributed by atoms with Crippen LogP contribution in [0.1, 0.15) is 31.5 Å². The smallest absolute Gasteiger partial charge is 0.321 e. The van der Waals surface area contributed by atoms with Crippen molar-refractivity contribution >= 4 is 11.4 Å². The largest absolute Gasteiger partial charge is 0.488 e. The van der Waals surface area contributed by atoms with E-state index in [1.807, 2.05) is 74.5 Å². The normalized spacial score (nSPS) is 11.0. The van der Waals surface area contributed by atoms with Gasteiger partial charge >= 0.3 is 6.55 Å². The lowest BCUT2D eigenvalue weighted by Gasteiger charge is -2.13. The molecule has 3 rings (SSSR count). The molecule has 0 unspecified atom stereocenters. The molecule has 0 amide bonds. The maximum atomic E-state index is 13.4. The Morgan fingerprint density at radius 2 is 1.55 bits per heavy atom. The van der Waals surface area contributed by atoms with Crippen LogP contribution in [0.4, 0.5) is 14.5 Å². The summed E-state index contributed by atoms with van der Waals surface area (Å²) in [6.07, 6.45) is 1.06. The summed E-state index contributed by atoms with van der Waals surface area (Å²) in [5.41, 5.74) is 1.61. The first kappa shape index (κ1) is 20.5. The van der Waals surface area contributed by atoms with Crippen LogP contribution in [-0.2, 0) is 0 Å². The molecule has 0 atom stereocenters. The van der Waals surface area contributed by atoms with E-state index in [9.17, 15) is 13.6 Å². The number of aliphatic imine (C=N–C) groups is 1. The third-order valence-corrected chi connectivity index (χ3v) is 4.11. The fourth-order valence-corrected chi connectivity index (χ4v) is 2.74. The summed E-state index contributed by atoms with van der Waals surface area (Å²) in [6.45, 7) is 1.08. The van der Waals surface area contributed by atoms with Crippen LogP contribution in [0.15, 0.2) is 82.7 Å². The van der Waals surface area contributed by atoms with Gasteiger partial charge in [0.1, 0.15) is 0 Å². The van der Waals surface area contributed by atoms with E-state index in [2.05, 4.69) is 4.99 Å². The Bertz CT molecular complexity index is 988.